The summed E-state index contributed by atoms with van der Waals surface area (Å²) in [5.74, 6) is 0. The minimum atomic E-state index is -0.737. The summed E-state index contributed by atoms with van der Waals surface area (Å²) in [6.45, 7) is 0.704. The molecule has 2 bridgehead atoms. The van der Waals surface area contributed by atoms with Gasteiger partial charge >= 0.3 is 6.03 Å². The number of likely N-dealkylation sites (tertiary alicyclic amines) is 1. The van der Waals surface area contributed by atoms with Crippen molar-refractivity contribution >= 4 is 6.03 Å². The number of fused-ring (bicyclic) bond motifs is 2. The Kier molecular flexibility index (Phi) is 5.09. The quantitative estimate of drug-likeness (QED) is 0.705. The van der Waals surface area contributed by atoms with Crippen LogP contribution in [0.3, 0.4) is 0 Å². The van der Waals surface area contributed by atoms with Crippen LogP contribution in [0.5, 0.6) is 0 Å². The Bertz CT molecular complexity index is 875. The fraction of sp³-hybridized carbons (Fsp3) is 0.400. The van der Waals surface area contributed by atoms with E-state index in [1.54, 1.807) is 12.2 Å². The van der Waals surface area contributed by atoms with Crippen LogP contribution in [0.4, 0.5) is 4.79 Å². The number of carbonyl (C=O) groups excluding carboxylic acids is 1. The van der Waals surface area contributed by atoms with Gasteiger partial charge in [-0.2, -0.15) is 5.06 Å². The van der Waals surface area contributed by atoms with Crippen LogP contribution < -0.4 is 0 Å². The first-order chi connectivity index (χ1) is 14.7. The van der Waals surface area contributed by atoms with Crippen molar-refractivity contribution in [3.05, 3.63) is 83.9 Å². The van der Waals surface area contributed by atoms with Gasteiger partial charge in [0.1, 0.15) is 11.7 Å². The first-order valence-corrected chi connectivity index (χ1v) is 10.8. The molecule has 156 valence electrons. The van der Waals surface area contributed by atoms with Crippen molar-refractivity contribution in [1.29, 1.82) is 0 Å². The second kappa shape index (κ2) is 7.89. The van der Waals surface area contributed by atoms with E-state index in [1.807, 2.05) is 41.3 Å². The molecular weight excluding hydrogens is 376 g/mol. The molecule has 2 aromatic rings. The highest BCUT2D eigenvalue weighted by Crippen LogP contribution is 2.44. The van der Waals surface area contributed by atoms with E-state index in [0.717, 1.165) is 36.8 Å². The second-order valence-corrected chi connectivity index (χ2v) is 8.31. The molecular formula is C25H28N2O3. The monoisotopic (exact) mass is 404 g/mol. The van der Waals surface area contributed by atoms with Crippen molar-refractivity contribution < 1.29 is 14.4 Å². The lowest BCUT2D eigenvalue weighted by molar-refractivity contribution is -0.203. The summed E-state index contributed by atoms with van der Waals surface area (Å²) in [4.78, 5) is 21.6. The molecule has 2 fully saturated rings. The number of rotatable bonds is 4. The maximum Gasteiger partial charge on any atom is 0.344 e. The van der Waals surface area contributed by atoms with Crippen molar-refractivity contribution in [2.75, 3.05) is 13.7 Å². The van der Waals surface area contributed by atoms with Crippen molar-refractivity contribution in [3.8, 4) is 0 Å². The van der Waals surface area contributed by atoms with Gasteiger partial charge in [-0.3, -0.25) is 4.84 Å². The molecule has 0 aromatic heterocycles. The Morgan fingerprint density at radius 3 is 2.13 bits per heavy atom. The minimum Gasteiger partial charge on any atom is -0.367 e. The molecule has 0 saturated carbocycles. The molecule has 5 heteroatoms. The number of amides is 2. The normalized spacial score (nSPS) is 25.7. The topological polar surface area (TPSA) is 42.0 Å². The number of hydroxylamine groups is 2. The zero-order valence-electron chi connectivity index (χ0n) is 17.3. The van der Waals surface area contributed by atoms with Crippen LogP contribution in [-0.4, -0.2) is 47.8 Å². The number of methoxy groups -OCH3 is 1. The fourth-order valence-electron chi connectivity index (χ4n) is 5.31. The minimum absolute atomic E-state index is 0.00966. The summed E-state index contributed by atoms with van der Waals surface area (Å²) in [5, 5.41) is 1.60. The van der Waals surface area contributed by atoms with E-state index in [4.69, 9.17) is 9.57 Å². The summed E-state index contributed by atoms with van der Waals surface area (Å²) in [6, 6.07) is 20.4. The fourth-order valence-corrected chi connectivity index (χ4v) is 5.31. The van der Waals surface area contributed by atoms with E-state index < -0.39 is 5.60 Å². The number of ether oxygens (including phenoxy) is 1. The van der Waals surface area contributed by atoms with Gasteiger partial charge in [-0.15, -0.1) is 0 Å². The van der Waals surface area contributed by atoms with Crippen LogP contribution in [0.25, 0.3) is 0 Å². The Labute approximate surface area is 177 Å². The maximum atomic E-state index is 13.7. The third kappa shape index (κ3) is 3.04. The van der Waals surface area contributed by atoms with E-state index >= 15 is 0 Å². The molecule has 0 spiro atoms. The number of benzene rings is 2. The van der Waals surface area contributed by atoms with E-state index in [2.05, 4.69) is 36.4 Å². The summed E-state index contributed by atoms with van der Waals surface area (Å²) < 4.78 is 6.36. The molecule has 0 unspecified atom stereocenters. The standard InChI is InChI=1S/C25H28N2O3/c1-29-25(19-9-4-2-5-10-19,20-11-6-3-7-12-20)23-13-8-18-26(23)24(28)27-21-14-16-22(30-27)17-15-21/h2-7,9-12,14,16,21-23H,8,13,15,17-18H2,1H3/t21-,22+,23-/m1/s1. The molecule has 3 heterocycles. The molecule has 1 aliphatic carbocycles. The third-order valence-corrected chi connectivity index (χ3v) is 6.73. The van der Waals surface area contributed by atoms with Crippen LogP contribution in [-0.2, 0) is 15.2 Å². The molecule has 3 aliphatic heterocycles. The highest BCUT2D eigenvalue weighted by atomic mass is 16.7. The molecule has 4 aliphatic rings. The molecule has 5 nitrogen and oxygen atoms in total. The highest BCUT2D eigenvalue weighted by molar-refractivity contribution is 5.75. The number of carbonyl (C=O) groups is 1. The first-order valence-electron chi connectivity index (χ1n) is 10.8. The molecule has 0 radical (unpaired) electrons. The van der Waals surface area contributed by atoms with E-state index in [9.17, 15) is 4.79 Å². The Hall–Kier alpha value is -2.63. The number of nitrogens with zero attached hydrogens (tertiary/aromatic N) is 2. The van der Waals surface area contributed by atoms with Crippen LogP contribution in [0.15, 0.2) is 72.8 Å². The van der Waals surface area contributed by atoms with Gasteiger partial charge in [0.2, 0.25) is 0 Å². The van der Waals surface area contributed by atoms with Crippen LogP contribution in [0.2, 0.25) is 0 Å². The number of hydrogen-bond acceptors (Lipinski definition) is 3. The number of urea groups is 1. The lowest BCUT2D eigenvalue weighted by Gasteiger charge is -2.46. The third-order valence-electron chi connectivity index (χ3n) is 6.73. The van der Waals surface area contributed by atoms with Crippen LogP contribution in [0, 0.1) is 0 Å². The molecule has 2 aromatic carbocycles. The molecule has 30 heavy (non-hydrogen) atoms. The molecule has 2 saturated heterocycles. The van der Waals surface area contributed by atoms with Gasteiger partial charge in [0.05, 0.1) is 12.1 Å². The summed E-state index contributed by atoms with van der Waals surface area (Å²) in [6.07, 6.45) is 7.95. The predicted molar refractivity (Wildman–Crippen MR) is 115 cm³/mol. The lowest BCUT2D eigenvalue weighted by Crippen LogP contribution is -2.58. The van der Waals surface area contributed by atoms with E-state index in [1.165, 1.54) is 0 Å². The average Bonchev–Trinajstić information content (AvgIpc) is 3.32. The highest BCUT2D eigenvalue weighted by Gasteiger charge is 2.50. The lowest BCUT2D eigenvalue weighted by atomic mass is 9.78. The number of hydrogen-bond donors (Lipinski definition) is 0. The van der Waals surface area contributed by atoms with Crippen molar-refractivity contribution in [2.45, 2.75) is 49.5 Å². The van der Waals surface area contributed by atoms with Crippen molar-refractivity contribution in [2.24, 2.45) is 0 Å². The zero-order chi connectivity index (χ0) is 20.6. The Morgan fingerprint density at radius 2 is 1.63 bits per heavy atom. The first kappa shape index (κ1) is 19.3. The van der Waals surface area contributed by atoms with Gasteiger partial charge in [-0.25, -0.2) is 4.79 Å². The SMILES string of the molecule is COC(c1ccccc1)(c1ccccc1)[C@H]1CCCN1C(=O)N1O[C@H]2C=C[C@@H]1CC2. The maximum absolute atomic E-state index is 13.7. The second-order valence-electron chi connectivity index (χ2n) is 8.31. The molecule has 2 amide bonds. The van der Waals surface area contributed by atoms with Crippen molar-refractivity contribution in [3.63, 3.8) is 0 Å². The Balaban J connectivity index is 1.55. The summed E-state index contributed by atoms with van der Waals surface area (Å²) >= 11 is 0. The van der Waals surface area contributed by atoms with Gasteiger partial charge in [-0.1, -0.05) is 72.8 Å². The van der Waals surface area contributed by atoms with Gasteiger partial charge in [-0.05, 0) is 36.8 Å². The van der Waals surface area contributed by atoms with E-state index in [-0.39, 0.29) is 24.2 Å². The van der Waals surface area contributed by atoms with Crippen LogP contribution >= 0.6 is 0 Å². The smallest absolute Gasteiger partial charge is 0.344 e. The van der Waals surface area contributed by atoms with Gasteiger partial charge in [0.15, 0.2) is 0 Å². The average molecular weight is 405 g/mol. The summed E-state index contributed by atoms with van der Waals surface area (Å²) in [5.41, 5.74) is 1.38. The van der Waals surface area contributed by atoms with Crippen LogP contribution in [0.1, 0.15) is 36.8 Å². The van der Waals surface area contributed by atoms with Gasteiger partial charge in [0.25, 0.3) is 0 Å². The van der Waals surface area contributed by atoms with Gasteiger partial charge < -0.3 is 9.64 Å². The van der Waals surface area contributed by atoms with E-state index in [0.29, 0.717) is 6.54 Å². The Morgan fingerprint density at radius 1 is 0.967 bits per heavy atom. The molecule has 3 atom stereocenters. The molecule has 0 N–H and O–H groups in total. The molecule has 6 rings (SSSR count). The predicted octanol–water partition coefficient (Wildman–Crippen LogP) is 4.50. The largest absolute Gasteiger partial charge is 0.367 e. The van der Waals surface area contributed by atoms with Gasteiger partial charge in [0, 0.05) is 13.7 Å². The van der Waals surface area contributed by atoms with Crippen molar-refractivity contribution in [1.82, 2.24) is 9.96 Å². The summed E-state index contributed by atoms with van der Waals surface area (Å²) in [7, 11) is 1.75. The zero-order valence-corrected chi connectivity index (χ0v) is 17.3.